The number of rotatable bonds is 3. The Morgan fingerprint density at radius 2 is 1.97 bits per heavy atom. The molecule has 2 atom stereocenters. The molecule has 1 amide bonds. The van der Waals surface area contributed by atoms with Gasteiger partial charge in [-0.15, -0.1) is 0 Å². The molecule has 0 saturated carbocycles. The minimum atomic E-state index is -0.766. The van der Waals surface area contributed by atoms with Crippen molar-refractivity contribution < 1.29 is 14.6 Å². The maximum Gasteiger partial charge on any atom is 0.256 e. The normalized spacial score (nSPS) is 24.5. The van der Waals surface area contributed by atoms with Crippen molar-refractivity contribution in [1.29, 1.82) is 0 Å². The lowest BCUT2D eigenvalue weighted by atomic mass is 9.77. The molecule has 2 heterocycles. The number of nitrogens with zero attached hydrogens (tertiary/aromatic N) is 2. The van der Waals surface area contributed by atoms with Crippen LogP contribution in [0.15, 0.2) is 59.9 Å². The molecule has 6 heteroatoms. The molecule has 2 aromatic rings. The highest BCUT2D eigenvalue weighted by atomic mass is 35.5. The molecule has 1 saturated heterocycles. The number of benzene rings is 2. The zero-order valence-corrected chi connectivity index (χ0v) is 18.3. The van der Waals surface area contributed by atoms with Gasteiger partial charge >= 0.3 is 0 Å². The fraction of sp³-hybridized carbons (Fsp3) is 0.292. The third-order valence-corrected chi connectivity index (χ3v) is 6.21. The summed E-state index contributed by atoms with van der Waals surface area (Å²) in [6.45, 7) is 1.89. The number of ether oxygens (including phenoxy) is 1. The number of hydrogen-bond donors (Lipinski definition) is 1. The zero-order valence-electron chi connectivity index (χ0n) is 17.5. The predicted molar refractivity (Wildman–Crippen MR) is 120 cm³/mol. The number of halogens is 1. The summed E-state index contributed by atoms with van der Waals surface area (Å²) in [5.74, 6) is 0.112. The number of likely N-dealkylation sites (tertiary alicyclic amines) is 1. The van der Waals surface area contributed by atoms with Gasteiger partial charge in [0.15, 0.2) is 5.72 Å². The largest absolute Gasteiger partial charge is 0.507 e. The third kappa shape index (κ3) is 3.43. The quantitative estimate of drug-likeness (QED) is 0.557. The molecular weight excluding hydrogens is 400 g/mol. The first-order valence-corrected chi connectivity index (χ1v) is 10.2. The molecule has 2 bridgehead atoms. The van der Waals surface area contributed by atoms with E-state index in [1.807, 2.05) is 62.3 Å². The van der Waals surface area contributed by atoms with Crippen LogP contribution in [0, 0.1) is 0 Å². The smallest absolute Gasteiger partial charge is 0.256 e. The highest BCUT2D eigenvalue weighted by Crippen LogP contribution is 2.50. The lowest BCUT2D eigenvalue weighted by molar-refractivity contribution is -0.153. The average Bonchev–Trinajstić information content (AvgIpc) is 2.71. The van der Waals surface area contributed by atoms with Crippen LogP contribution in [-0.4, -0.2) is 42.8 Å². The van der Waals surface area contributed by atoms with Gasteiger partial charge in [-0.2, -0.15) is 0 Å². The molecule has 0 spiro atoms. The molecule has 0 radical (unpaired) electrons. The Morgan fingerprint density at radius 1 is 1.27 bits per heavy atom. The standard InChI is InChI=1S/C24H25ClN2O3/c1-24-14-19(18-13-16(25)8-12-21(18)30-24)22(23(29)27(24)4)20(28)11-7-15-5-9-17(10-6-15)26(2)3/h5-13,19,28H,14H2,1-4H3/b11-7+,22-20-. The van der Waals surface area contributed by atoms with Crippen LogP contribution in [0.25, 0.3) is 6.08 Å². The van der Waals surface area contributed by atoms with E-state index in [4.69, 9.17) is 16.3 Å². The molecule has 2 aromatic carbocycles. The Morgan fingerprint density at radius 3 is 2.63 bits per heavy atom. The molecule has 2 aliphatic heterocycles. The van der Waals surface area contributed by atoms with Crippen molar-refractivity contribution in [3.63, 3.8) is 0 Å². The molecule has 2 aliphatic rings. The summed E-state index contributed by atoms with van der Waals surface area (Å²) in [4.78, 5) is 16.8. The van der Waals surface area contributed by atoms with E-state index >= 15 is 0 Å². The van der Waals surface area contributed by atoms with E-state index < -0.39 is 5.72 Å². The maximum absolute atomic E-state index is 13.2. The van der Waals surface area contributed by atoms with Crippen molar-refractivity contribution in [2.24, 2.45) is 0 Å². The SMILES string of the molecule is CN(C)c1ccc(/C=C/C(O)=C2/C(=O)N(C)C3(C)CC2c2cc(Cl)ccc2O3)cc1. The molecule has 1 fully saturated rings. The number of aliphatic hydroxyl groups is 1. The van der Waals surface area contributed by atoms with Gasteiger partial charge in [-0.3, -0.25) is 4.79 Å². The summed E-state index contributed by atoms with van der Waals surface area (Å²) in [5.41, 5.74) is 2.45. The van der Waals surface area contributed by atoms with Crippen LogP contribution in [0.5, 0.6) is 5.75 Å². The fourth-order valence-corrected chi connectivity index (χ4v) is 4.28. The molecular formula is C24H25ClN2O3. The number of piperidine rings is 1. The van der Waals surface area contributed by atoms with E-state index in [-0.39, 0.29) is 17.6 Å². The second kappa shape index (κ2) is 7.40. The molecule has 0 aromatic heterocycles. The van der Waals surface area contributed by atoms with Crippen LogP contribution in [0.1, 0.15) is 30.4 Å². The van der Waals surface area contributed by atoms with Crippen LogP contribution in [-0.2, 0) is 4.79 Å². The van der Waals surface area contributed by atoms with Gasteiger partial charge in [-0.05, 0) is 48.9 Å². The number of aliphatic hydroxyl groups excluding tert-OH is 1. The van der Waals surface area contributed by atoms with Crippen molar-refractivity contribution in [3.8, 4) is 5.75 Å². The van der Waals surface area contributed by atoms with Gasteiger partial charge < -0.3 is 19.6 Å². The van der Waals surface area contributed by atoms with E-state index in [0.717, 1.165) is 16.8 Å². The van der Waals surface area contributed by atoms with Crippen LogP contribution in [0.3, 0.4) is 0 Å². The Labute approximate surface area is 181 Å². The number of fused-ring (bicyclic) bond motifs is 4. The number of amides is 1. The van der Waals surface area contributed by atoms with Crippen molar-refractivity contribution in [3.05, 3.63) is 76.0 Å². The van der Waals surface area contributed by atoms with Crippen LogP contribution in [0.2, 0.25) is 5.02 Å². The van der Waals surface area contributed by atoms with E-state index in [9.17, 15) is 9.90 Å². The monoisotopic (exact) mass is 424 g/mol. The number of anilines is 1. The van der Waals surface area contributed by atoms with Crippen LogP contribution in [0.4, 0.5) is 5.69 Å². The first-order chi connectivity index (χ1) is 14.2. The number of carbonyl (C=O) groups is 1. The highest BCUT2D eigenvalue weighted by Gasteiger charge is 2.51. The molecule has 156 valence electrons. The van der Waals surface area contributed by atoms with Gasteiger partial charge in [0, 0.05) is 49.8 Å². The fourth-order valence-electron chi connectivity index (χ4n) is 4.10. The molecule has 30 heavy (non-hydrogen) atoms. The van der Waals surface area contributed by atoms with Gasteiger partial charge in [0.2, 0.25) is 0 Å². The first-order valence-electron chi connectivity index (χ1n) is 9.85. The average molecular weight is 425 g/mol. The second-order valence-corrected chi connectivity index (χ2v) is 8.63. The number of likely N-dealkylation sites (N-methyl/N-ethyl adjacent to an activating group) is 1. The summed E-state index contributed by atoms with van der Waals surface area (Å²) < 4.78 is 6.14. The molecule has 4 rings (SSSR count). The topological polar surface area (TPSA) is 53.0 Å². The maximum atomic E-state index is 13.2. The molecule has 2 unspecified atom stereocenters. The van der Waals surface area contributed by atoms with Gasteiger partial charge in [-0.25, -0.2) is 0 Å². The van der Waals surface area contributed by atoms with Crippen LogP contribution >= 0.6 is 11.6 Å². The predicted octanol–water partition coefficient (Wildman–Crippen LogP) is 4.99. The van der Waals surface area contributed by atoms with Gasteiger partial charge in [0.1, 0.15) is 11.5 Å². The van der Waals surface area contributed by atoms with Gasteiger partial charge in [-0.1, -0.05) is 29.8 Å². The molecule has 5 nitrogen and oxygen atoms in total. The summed E-state index contributed by atoms with van der Waals surface area (Å²) >= 11 is 6.21. The minimum absolute atomic E-state index is 0.0385. The van der Waals surface area contributed by atoms with E-state index in [1.54, 1.807) is 30.2 Å². The summed E-state index contributed by atoms with van der Waals surface area (Å²) in [5, 5.41) is 11.5. The third-order valence-electron chi connectivity index (χ3n) is 5.97. The van der Waals surface area contributed by atoms with Crippen molar-refractivity contribution in [2.75, 3.05) is 26.0 Å². The van der Waals surface area contributed by atoms with Crippen molar-refractivity contribution in [2.45, 2.75) is 25.0 Å². The van der Waals surface area contributed by atoms with Gasteiger partial charge in [0.05, 0.1) is 5.57 Å². The first kappa shape index (κ1) is 20.4. The summed E-state index contributed by atoms with van der Waals surface area (Å²) in [6, 6.07) is 13.4. The molecule has 1 N–H and O–H groups in total. The highest BCUT2D eigenvalue weighted by molar-refractivity contribution is 6.30. The Kier molecular flexibility index (Phi) is 5.02. The second-order valence-electron chi connectivity index (χ2n) is 8.20. The Bertz CT molecular complexity index is 1060. The lowest BCUT2D eigenvalue weighted by Crippen LogP contribution is -2.59. The van der Waals surface area contributed by atoms with Crippen molar-refractivity contribution >= 4 is 29.3 Å². The minimum Gasteiger partial charge on any atom is -0.507 e. The lowest BCUT2D eigenvalue weighted by Gasteiger charge is -2.50. The number of carbonyl (C=O) groups excluding carboxylic acids is 1. The summed E-state index contributed by atoms with van der Waals surface area (Å²) in [7, 11) is 5.67. The number of allylic oxidation sites excluding steroid dienone is 1. The zero-order chi connectivity index (χ0) is 21.6. The van der Waals surface area contributed by atoms with E-state index in [0.29, 0.717) is 22.8 Å². The molecule has 0 aliphatic carbocycles. The Hall–Kier alpha value is -2.92. The van der Waals surface area contributed by atoms with E-state index in [2.05, 4.69) is 0 Å². The van der Waals surface area contributed by atoms with Crippen LogP contribution < -0.4 is 9.64 Å². The Balaban J connectivity index is 1.74. The van der Waals surface area contributed by atoms with Crippen molar-refractivity contribution in [1.82, 2.24) is 4.90 Å². The van der Waals surface area contributed by atoms with E-state index in [1.165, 1.54) is 0 Å². The number of hydrogen-bond acceptors (Lipinski definition) is 4. The summed E-state index contributed by atoms with van der Waals surface area (Å²) in [6.07, 6.45) is 3.95. The van der Waals surface area contributed by atoms with Gasteiger partial charge in [0.25, 0.3) is 5.91 Å².